The van der Waals surface area contributed by atoms with Gasteiger partial charge >= 0.3 is 0 Å². The molecule has 0 spiro atoms. The number of rotatable bonds is 6. The molecular weight excluding hydrogens is 264 g/mol. The van der Waals surface area contributed by atoms with Crippen molar-refractivity contribution in [2.75, 3.05) is 13.1 Å². The average Bonchev–Trinajstić information content (AvgIpc) is 2.37. The van der Waals surface area contributed by atoms with Crippen LogP contribution in [0.2, 0.25) is 0 Å². The molecule has 0 aliphatic heterocycles. The van der Waals surface area contributed by atoms with Gasteiger partial charge in [0.15, 0.2) is 0 Å². The van der Waals surface area contributed by atoms with Gasteiger partial charge in [0.2, 0.25) is 15.9 Å². The molecule has 0 saturated carbocycles. The first kappa shape index (κ1) is 15.7. The highest BCUT2D eigenvalue weighted by atomic mass is 32.2. The van der Waals surface area contributed by atoms with Crippen LogP contribution in [0, 0.1) is 0 Å². The smallest absolute Gasteiger partial charge is 0.238 e. The number of sulfonamides is 1. The van der Waals surface area contributed by atoms with E-state index in [2.05, 4.69) is 0 Å². The van der Waals surface area contributed by atoms with Gasteiger partial charge in [0.05, 0.1) is 4.90 Å². The summed E-state index contributed by atoms with van der Waals surface area (Å²) in [6.45, 7) is 5.31. The van der Waals surface area contributed by atoms with Crippen molar-refractivity contribution in [1.29, 1.82) is 0 Å². The van der Waals surface area contributed by atoms with Gasteiger partial charge in [-0.25, -0.2) is 13.6 Å². The van der Waals surface area contributed by atoms with Crippen LogP contribution in [0.15, 0.2) is 29.2 Å². The van der Waals surface area contributed by atoms with E-state index in [0.29, 0.717) is 25.9 Å². The minimum absolute atomic E-state index is 0.0892. The second-order valence-corrected chi connectivity index (χ2v) is 5.82. The van der Waals surface area contributed by atoms with Crippen LogP contribution >= 0.6 is 0 Å². The Morgan fingerprint density at radius 3 is 2.11 bits per heavy atom. The van der Waals surface area contributed by atoms with Gasteiger partial charge in [-0.1, -0.05) is 12.1 Å². The molecule has 0 saturated heterocycles. The van der Waals surface area contributed by atoms with Crippen molar-refractivity contribution in [1.82, 2.24) is 4.90 Å². The zero-order chi connectivity index (χ0) is 14.5. The number of hydrogen-bond donors (Lipinski definition) is 1. The molecule has 0 aliphatic rings. The summed E-state index contributed by atoms with van der Waals surface area (Å²) >= 11 is 0. The standard InChI is InChI=1S/C13H20N2O3S/c1-3-15(4-2)13(16)10-7-11-5-8-12(9-6-11)19(14,17)18/h5-6,8-9H,3-4,7,10H2,1-2H3,(H2,14,17,18). The molecule has 1 amide bonds. The lowest BCUT2D eigenvalue weighted by molar-refractivity contribution is -0.130. The number of carbonyl (C=O) groups is 1. The predicted octanol–water partition coefficient (Wildman–Crippen LogP) is 1.13. The molecular formula is C13H20N2O3S. The third-order valence-electron chi connectivity index (χ3n) is 3.00. The highest BCUT2D eigenvalue weighted by molar-refractivity contribution is 7.89. The lowest BCUT2D eigenvalue weighted by Crippen LogP contribution is -2.30. The Morgan fingerprint density at radius 2 is 1.68 bits per heavy atom. The van der Waals surface area contributed by atoms with Crippen LogP contribution < -0.4 is 5.14 Å². The highest BCUT2D eigenvalue weighted by Crippen LogP contribution is 2.11. The van der Waals surface area contributed by atoms with E-state index in [1.54, 1.807) is 17.0 Å². The van der Waals surface area contributed by atoms with Crippen LogP contribution in [0.25, 0.3) is 0 Å². The number of nitrogens with zero attached hydrogens (tertiary/aromatic N) is 1. The Kier molecular flexibility index (Phi) is 5.50. The number of carbonyl (C=O) groups excluding carboxylic acids is 1. The Balaban J connectivity index is 2.62. The molecule has 0 radical (unpaired) electrons. The van der Waals surface area contributed by atoms with Gasteiger partial charge in [0.1, 0.15) is 0 Å². The maximum absolute atomic E-state index is 11.8. The minimum Gasteiger partial charge on any atom is -0.343 e. The number of hydrogen-bond acceptors (Lipinski definition) is 3. The summed E-state index contributed by atoms with van der Waals surface area (Å²) in [5.74, 6) is 0.112. The third-order valence-corrected chi connectivity index (χ3v) is 3.92. The van der Waals surface area contributed by atoms with Crippen molar-refractivity contribution in [2.45, 2.75) is 31.6 Å². The van der Waals surface area contributed by atoms with Crippen molar-refractivity contribution < 1.29 is 13.2 Å². The van der Waals surface area contributed by atoms with E-state index in [-0.39, 0.29) is 10.8 Å². The van der Waals surface area contributed by atoms with Crippen LogP contribution in [0.3, 0.4) is 0 Å². The summed E-state index contributed by atoms with van der Waals surface area (Å²) in [5.41, 5.74) is 0.924. The van der Waals surface area contributed by atoms with Crippen LogP contribution in [0.5, 0.6) is 0 Å². The van der Waals surface area contributed by atoms with Gasteiger partial charge in [-0.15, -0.1) is 0 Å². The first-order valence-electron chi connectivity index (χ1n) is 6.28. The van der Waals surface area contributed by atoms with Gasteiger partial charge in [-0.05, 0) is 38.0 Å². The van der Waals surface area contributed by atoms with Crippen molar-refractivity contribution in [2.24, 2.45) is 5.14 Å². The summed E-state index contributed by atoms with van der Waals surface area (Å²) in [6.07, 6.45) is 1.02. The van der Waals surface area contributed by atoms with Crippen LogP contribution in [0.1, 0.15) is 25.8 Å². The molecule has 6 heteroatoms. The van der Waals surface area contributed by atoms with Crippen molar-refractivity contribution in [3.05, 3.63) is 29.8 Å². The summed E-state index contributed by atoms with van der Waals surface area (Å²) < 4.78 is 22.2. The van der Waals surface area contributed by atoms with E-state index in [0.717, 1.165) is 5.56 Å². The molecule has 0 fully saturated rings. The quantitative estimate of drug-likeness (QED) is 0.850. The number of amides is 1. The number of benzene rings is 1. The van der Waals surface area contributed by atoms with Gasteiger partial charge in [0, 0.05) is 19.5 Å². The van der Waals surface area contributed by atoms with E-state index in [1.807, 2.05) is 13.8 Å². The van der Waals surface area contributed by atoms with Gasteiger partial charge in [-0.2, -0.15) is 0 Å². The fourth-order valence-electron chi connectivity index (χ4n) is 1.83. The topological polar surface area (TPSA) is 80.5 Å². The van der Waals surface area contributed by atoms with Crippen LogP contribution in [-0.2, 0) is 21.2 Å². The van der Waals surface area contributed by atoms with Gasteiger partial charge in [-0.3, -0.25) is 4.79 Å². The van der Waals surface area contributed by atoms with Gasteiger partial charge in [0.25, 0.3) is 0 Å². The fraction of sp³-hybridized carbons (Fsp3) is 0.462. The minimum atomic E-state index is -3.65. The van der Waals surface area contributed by atoms with E-state index in [9.17, 15) is 13.2 Å². The number of nitrogens with two attached hydrogens (primary N) is 1. The largest absolute Gasteiger partial charge is 0.343 e. The molecule has 1 aromatic carbocycles. The molecule has 0 bridgehead atoms. The molecule has 106 valence electrons. The van der Waals surface area contributed by atoms with Crippen LogP contribution in [0.4, 0.5) is 0 Å². The first-order valence-corrected chi connectivity index (χ1v) is 7.82. The summed E-state index contributed by atoms with van der Waals surface area (Å²) in [4.78, 5) is 13.7. The molecule has 0 atom stereocenters. The number of primary sulfonamides is 1. The second kappa shape index (κ2) is 6.68. The van der Waals surface area contributed by atoms with E-state index in [1.165, 1.54) is 12.1 Å². The fourth-order valence-corrected chi connectivity index (χ4v) is 2.35. The van der Waals surface area contributed by atoms with Gasteiger partial charge < -0.3 is 4.90 Å². The Morgan fingerprint density at radius 1 is 1.16 bits per heavy atom. The Labute approximate surface area is 114 Å². The molecule has 0 heterocycles. The maximum atomic E-state index is 11.8. The normalized spacial score (nSPS) is 11.3. The molecule has 0 unspecified atom stereocenters. The van der Waals surface area contributed by atoms with Crippen molar-refractivity contribution in [3.8, 4) is 0 Å². The Hall–Kier alpha value is -1.40. The van der Waals surface area contributed by atoms with Crippen LogP contribution in [-0.4, -0.2) is 32.3 Å². The molecule has 1 rings (SSSR count). The molecule has 1 aromatic rings. The zero-order valence-electron chi connectivity index (χ0n) is 11.3. The van der Waals surface area contributed by atoms with Crippen molar-refractivity contribution >= 4 is 15.9 Å². The summed E-state index contributed by atoms with van der Waals surface area (Å²) in [5, 5.41) is 5.02. The monoisotopic (exact) mass is 284 g/mol. The predicted molar refractivity (Wildman–Crippen MR) is 74.1 cm³/mol. The Bertz CT molecular complexity index is 519. The first-order chi connectivity index (χ1) is 8.88. The lowest BCUT2D eigenvalue weighted by atomic mass is 10.1. The van der Waals surface area contributed by atoms with E-state index >= 15 is 0 Å². The average molecular weight is 284 g/mol. The second-order valence-electron chi connectivity index (χ2n) is 4.25. The lowest BCUT2D eigenvalue weighted by Gasteiger charge is -2.18. The molecule has 19 heavy (non-hydrogen) atoms. The SMILES string of the molecule is CCN(CC)C(=O)CCc1ccc(S(N)(=O)=O)cc1. The summed E-state index contributed by atoms with van der Waals surface area (Å²) in [7, 11) is -3.65. The molecule has 5 nitrogen and oxygen atoms in total. The number of aryl methyl sites for hydroxylation is 1. The van der Waals surface area contributed by atoms with Crippen molar-refractivity contribution in [3.63, 3.8) is 0 Å². The maximum Gasteiger partial charge on any atom is 0.238 e. The molecule has 0 aromatic heterocycles. The molecule has 0 aliphatic carbocycles. The third kappa shape index (κ3) is 4.65. The highest BCUT2D eigenvalue weighted by Gasteiger charge is 2.10. The van der Waals surface area contributed by atoms with E-state index in [4.69, 9.17) is 5.14 Å². The zero-order valence-corrected chi connectivity index (χ0v) is 12.1. The summed E-state index contributed by atoms with van der Waals surface area (Å²) in [6, 6.07) is 6.31. The van der Waals surface area contributed by atoms with E-state index < -0.39 is 10.0 Å². The molecule has 2 N–H and O–H groups in total.